The Labute approximate surface area is 167 Å². The second-order valence-electron chi connectivity index (χ2n) is 6.47. The summed E-state index contributed by atoms with van der Waals surface area (Å²) < 4.78 is 0. The maximum Gasteiger partial charge on any atom is 0.270 e. The highest BCUT2D eigenvalue weighted by molar-refractivity contribution is 5.98. The van der Waals surface area contributed by atoms with E-state index in [0.717, 1.165) is 11.6 Å². The van der Waals surface area contributed by atoms with Gasteiger partial charge in [-0.05, 0) is 30.7 Å². The molecule has 2 rings (SSSR count). The second-order valence-corrected chi connectivity index (χ2v) is 6.47. The summed E-state index contributed by atoms with van der Waals surface area (Å²) >= 11 is 0. The SMILES string of the molecule is CNC(=O)c1ccc(CN(C)C(=O)[C@H](C)NC(=O)c2cccc([N+](=O)[O-])c2)cc1. The summed E-state index contributed by atoms with van der Waals surface area (Å²) in [6.07, 6.45) is 0. The van der Waals surface area contributed by atoms with Crippen LogP contribution in [0.1, 0.15) is 33.2 Å². The molecule has 3 amide bonds. The topological polar surface area (TPSA) is 122 Å². The van der Waals surface area contributed by atoms with Crippen molar-refractivity contribution in [3.05, 3.63) is 75.3 Å². The summed E-state index contributed by atoms with van der Waals surface area (Å²) in [6.45, 7) is 1.84. The van der Waals surface area contributed by atoms with Crippen LogP contribution < -0.4 is 10.6 Å². The quantitative estimate of drug-likeness (QED) is 0.543. The van der Waals surface area contributed by atoms with Crippen LogP contribution in [0.25, 0.3) is 0 Å². The third-order valence-electron chi connectivity index (χ3n) is 4.28. The van der Waals surface area contributed by atoms with Crippen molar-refractivity contribution in [2.24, 2.45) is 0 Å². The van der Waals surface area contributed by atoms with Crippen molar-refractivity contribution >= 4 is 23.4 Å². The number of likely N-dealkylation sites (N-methyl/N-ethyl adjacent to an activating group) is 1. The van der Waals surface area contributed by atoms with Gasteiger partial charge in [0.25, 0.3) is 17.5 Å². The van der Waals surface area contributed by atoms with Crippen molar-refractivity contribution < 1.29 is 19.3 Å². The molecule has 0 heterocycles. The Morgan fingerprint density at radius 1 is 1.07 bits per heavy atom. The standard InChI is InChI=1S/C20H22N4O5/c1-13(22-19(26)16-5-4-6-17(11-16)24(28)29)20(27)23(3)12-14-7-9-15(10-8-14)18(25)21-2/h4-11,13H,12H2,1-3H3,(H,21,25)(H,22,26)/t13-/m0/s1. The Bertz CT molecular complexity index is 927. The molecule has 0 fully saturated rings. The average molecular weight is 398 g/mol. The summed E-state index contributed by atoms with van der Waals surface area (Å²) in [7, 11) is 3.15. The number of rotatable bonds is 7. The van der Waals surface area contributed by atoms with E-state index >= 15 is 0 Å². The first-order chi connectivity index (χ1) is 13.7. The number of nitrogens with one attached hydrogen (secondary N) is 2. The zero-order valence-corrected chi connectivity index (χ0v) is 16.3. The largest absolute Gasteiger partial charge is 0.355 e. The number of carbonyl (C=O) groups excluding carboxylic acids is 3. The van der Waals surface area contributed by atoms with E-state index in [1.54, 1.807) is 45.3 Å². The van der Waals surface area contributed by atoms with Gasteiger partial charge < -0.3 is 15.5 Å². The Morgan fingerprint density at radius 2 is 1.72 bits per heavy atom. The number of amides is 3. The lowest BCUT2D eigenvalue weighted by Gasteiger charge is -2.22. The highest BCUT2D eigenvalue weighted by Gasteiger charge is 2.21. The number of hydrogen-bond donors (Lipinski definition) is 2. The van der Waals surface area contributed by atoms with E-state index in [9.17, 15) is 24.5 Å². The maximum absolute atomic E-state index is 12.5. The predicted molar refractivity (Wildman–Crippen MR) is 106 cm³/mol. The fourth-order valence-electron chi connectivity index (χ4n) is 2.69. The Hall–Kier alpha value is -3.75. The Kier molecular flexibility index (Phi) is 7.02. The Morgan fingerprint density at radius 3 is 2.31 bits per heavy atom. The molecule has 0 radical (unpaired) electrons. The number of nitro groups is 1. The van der Waals surface area contributed by atoms with E-state index in [0.29, 0.717) is 12.1 Å². The van der Waals surface area contributed by atoms with Crippen LogP contribution in [0.15, 0.2) is 48.5 Å². The summed E-state index contributed by atoms with van der Waals surface area (Å²) in [5, 5.41) is 15.9. The van der Waals surface area contributed by atoms with Crippen LogP contribution in [0.4, 0.5) is 5.69 Å². The summed E-state index contributed by atoms with van der Waals surface area (Å²) in [5.41, 5.74) is 1.24. The monoisotopic (exact) mass is 398 g/mol. The van der Waals surface area contributed by atoms with E-state index in [1.165, 1.54) is 23.1 Å². The summed E-state index contributed by atoms with van der Waals surface area (Å²) in [5.74, 6) is -1.09. The molecule has 0 unspecified atom stereocenters. The minimum absolute atomic E-state index is 0.103. The summed E-state index contributed by atoms with van der Waals surface area (Å²) in [6, 6.07) is 11.3. The van der Waals surface area contributed by atoms with Gasteiger partial charge in [-0.15, -0.1) is 0 Å². The molecule has 0 saturated carbocycles. The lowest BCUT2D eigenvalue weighted by molar-refractivity contribution is -0.384. The second kappa shape index (κ2) is 9.45. The van der Waals surface area contributed by atoms with E-state index < -0.39 is 16.9 Å². The molecule has 1 atom stereocenters. The molecule has 0 saturated heterocycles. The number of nitro benzene ring substituents is 1. The average Bonchev–Trinajstić information content (AvgIpc) is 2.72. The number of nitrogens with zero attached hydrogens (tertiary/aromatic N) is 2. The number of hydrogen-bond acceptors (Lipinski definition) is 5. The van der Waals surface area contributed by atoms with E-state index in [2.05, 4.69) is 10.6 Å². The van der Waals surface area contributed by atoms with Gasteiger partial charge in [-0.1, -0.05) is 18.2 Å². The van der Waals surface area contributed by atoms with Crippen molar-refractivity contribution in [1.82, 2.24) is 15.5 Å². The molecule has 0 aromatic heterocycles. The lowest BCUT2D eigenvalue weighted by Crippen LogP contribution is -2.45. The van der Waals surface area contributed by atoms with Gasteiger partial charge in [0.15, 0.2) is 0 Å². The predicted octanol–water partition coefficient (Wildman–Crippen LogP) is 1.73. The van der Waals surface area contributed by atoms with Gasteiger partial charge >= 0.3 is 0 Å². The fourth-order valence-corrected chi connectivity index (χ4v) is 2.69. The van der Waals surface area contributed by atoms with Gasteiger partial charge in [0.1, 0.15) is 6.04 Å². The van der Waals surface area contributed by atoms with Crippen LogP contribution in [0.2, 0.25) is 0 Å². The van der Waals surface area contributed by atoms with Gasteiger partial charge in [0, 0.05) is 43.9 Å². The number of non-ortho nitro benzene ring substituents is 1. The molecule has 2 aromatic rings. The fraction of sp³-hybridized carbons (Fsp3) is 0.250. The minimum atomic E-state index is -0.822. The van der Waals surface area contributed by atoms with Crippen LogP contribution in [0, 0.1) is 10.1 Å². The zero-order chi connectivity index (χ0) is 21.6. The van der Waals surface area contributed by atoms with Crippen LogP contribution in [-0.2, 0) is 11.3 Å². The molecule has 0 aliphatic carbocycles. The third-order valence-corrected chi connectivity index (χ3v) is 4.28. The van der Waals surface area contributed by atoms with Crippen LogP contribution in [-0.4, -0.2) is 47.7 Å². The molecule has 0 spiro atoms. The maximum atomic E-state index is 12.5. The molecule has 0 bridgehead atoms. The van der Waals surface area contributed by atoms with Crippen molar-refractivity contribution in [3.8, 4) is 0 Å². The third kappa shape index (κ3) is 5.61. The van der Waals surface area contributed by atoms with Crippen LogP contribution in [0.3, 0.4) is 0 Å². The number of benzene rings is 2. The van der Waals surface area contributed by atoms with Gasteiger partial charge in [0.05, 0.1) is 4.92 Å². The lowest BCUT2D eigenvalue weighted by atomic mass is 10.1. The zero-order valence-electron chi connectivity index (χ0n) is 16.3. The molecule has 9 heteroatoms. The van der Waals surface area contributed by atoms with Crippen LogP contribution >= 0.6 is 0 Å². The molecular weight excluding hydrogens is 376 g/mol. The van der Waals surface area contributed by atoms with Crippen molar-refractivity contribution in [3.63, 3.8) is 0 Å². The minimum Gasteiger partial charge on any atom is -0.355 e. The van der Waals surface area contributed by atoms with E-state index in [-0.39, 0.29) is 23.1 Å². The molecule has 0 aliphatic rings. The molecule has 152 valence electrons. The van der Waals surface area contributed by atoms with Gasteiger partial charge in [-0.25, -0.2) is 0 Å². The Balaban J connectivity index is 1.98. The van der Waals surface area contributed by atoms with Crippen LogP contribution in [0.5, 0.6) is 0 Å². The smallest absolute Gasteiger partial charge is 0.270 e. The van der Waals surface area contributed by atoms with Crippen molar-refractivity contribution in [1.29, 1.82) is 0 Å². The molecule has 2 N–H and O–H groups in total. The molecule has 9 nitrogen and oxygen atoms in total. The highest BCUT2D eigenvalue weighted by Crippen LogP contribution is 2.13. The number of carbonyl (C=O) groups is 3. The first-order valence-corrected chi connectivity index (χ1v) is 8.84. The normalized spacial score (nSPS) is 11.3. The highest BCUT2D eigenvalue weighted by atomic mass is 16.6. The first-order valence-electron chi connectivity index (χ1n) is 8.84. The van der Waals surface area contributed by atoms with E-state index in [4.69, 9.17) is 0 Å². The molecular formula is C20H22N4O5. The molecule has 2 aromatic carbocycles. The van der Waals surface area contributed by atoms with E-state index in [1.807, 2.05) is 0 Å². The molecule has 29 heavy (non-hydrogen) atoms. The van der Waals surface area contributed by atoms with Gasteiger partial charge in [-0.3, -0.25) is 24.5 Å². The summed E-state index contributed by atoms with van der Waals surface area (Å²) in [4.78, 5) is 48.1. The van der Waals surface area contributed by atoms with Crippen molar-refractivity contribution in [2.75, 3.05) is 14.1 Å². The van der Waals surface area contributed by atoms with Gasteiger partial charge in [0.2, 0.25) is 5.91 Å². The van der Waals surface area contributed by atoms with Crippen molar-refractivity contribution in [2.45, 2.75) is 19.5 Å². The first kappa shape index (κ1) is 21.5. The molecule has 0 aliphatic heterocycles. The van der Waals surface area contributed by atoms with Gasteiger partial charge in [-0.2, -0.15) is 0 Å².